The topological polar surface area (TPSA) is 556 Å². The smallest absolute Gasteiger partial charge is 0.397 e. The van der Waals surface area contributed by atoms with E-state index in [9.17, 15) is 77.7 Å². The first-order valence-corrected chi connectivity index (χ1v) is 30.5. The zero-order valence-electron chi connectivity index (χ0n) is 37.4. The number of azo groups is 3. The van der Waals surface area contributed by atoms with E-state index in [1.807, 2.05) is 0 Å². The van der Waals surface area contributed by atoms with E-state index >= 15 is 0 Å². The Morgan fingerprint density at radius 1 is 0.532 bits per heavy atom. The molecule has 0 saturated carbocycles. The summed E-state index contributed by atoms with van der Waals surface area (Å²) in [5.74, 6) is -4.08. The molecular formula is C35H31ClN12O22S7. The number of hydrogen-bond donors (Lipinski definition) is 9. The first-order chi connectivity index (χ1) is 35.4. The third-order valence-corrected chi connectivity index (χ3v) is 16.6. The van der Waals surface area contributed by atoms with E-state index in [-0.39, 0.29) is 16.3 Å². The average molecular weight is 1230 g/mol. The molecular weight excluding hydrogens is 1200 g/mol. The van der Waals surface area contributed by atoms with Crippen LogP contribution in [0.15, 0.2) is 128 Å². The summed E-state index contributed by atoms with van der Waals surface area (Å²) in [5, 5.41) is 35.0. The Morgan fingerprint density at radius 2 is 0.974 bits per heavy atom. The zero-order chi connectivity index (χ0) is 57.3. The van der Waals surface area contributed by atoms with Crippen LogP contribution in [0.25, 0.3) is 10.8 Å². The van der Waals surface area contributed by atoms with Crippen molar-refractivity contribution in [2.75, 3.05) is 41.5 Å². The number of nitrogen functional groups attached to an aromatic ring is 2. The number of hydrogen-bond acceptors (Lipinski definition) is 29. The maximum atomic E-state index is 12.9. The summed E-state index contributed by atoms with van der Waals surface area (Å²) in [6.45, 7) is -1.90. The fraction of sp³-hybridized carbons (Fsp3) is 0.114. The SMILES string of the molecule is Nc1nc(Cl)nc(Nc2cc(/N=N/c3c(S(=O)(=O)O)cc4cc(S(=O)(=O)O)c(/N=N/c5ccc(S(=O)(=O)CCOS(=O)(=O)O)cc5)c(N)c4c3O)c(S(=O)(=O)O)cc2/N=N/c2ccc(S(=O)(=O)CCOS(=O)(=O)O)cc2)n1. The highest BCUT2D eigenvalue weighted by Gasteiger charge is 2.29. The highest BCUT2D eigenvalue weighted by atomic mass is 35.5. The predicted molar refractivity (Wildman–Crippen MR) is 263 cm³/mol. The first-order valence-electron chi connectivity index (χ1n) is 19.7. The summed E-state index contributed by atoms with van der Waals surface area (Å²) >= 11 is 5.92. The van der Waals surface area contributed by atoms with Gasteiger partial charge in [0.15, 0.2) is 25.4 Å². The van der Waals surface area contributed by atoms with Gasteiger partial charge in [-0.25, -0.2) is 25.2 Å². The van der Waals surface area contributed by atoms with Crippen LogP contribution >= 0.6 is 11.6 Å². The van der Waals surface area contributed by atoms with Gasteiger partial charge < -0.3 is 21.9 Å². The van der Waals surface area contributed by atoms with Gasteiger partial charge in [0.25, 0.3) is 30.4 Å². The normalized spacial score (nSPS) is 13.3. The third kappa shape index (κ3) is 15.4. The Hall–Kier alpha value is -6.97. The number of fused-ring (bicyclic) bond motifs is 1. The van der Waals surface area contributed by atoms with Crippen LogP contribution in [0.3, 0.4) is 0 Å². The molecule has 0 aliphatic heterocycles. The van der Waals surface area contributed by atoms with Crippen molar-refractivity contribution in [1.82, 2.24) is 15.0 Å². The summed E-state index contributed by atoms with van der Waals surface area (Å²) in [6.07, 6.45) is 0. The molecule has 1 aromatic heterocycles. The summed E-state index contributed by atoms with van der Waals surface area (Å²) in [4.78, 5) is 6.72. The maximum absolute atomic E-state index is 12.9. The van der Waals surface area contributed by atoms with Gasteiger partial charge in [-0.05, 0) is 89.8 Å². The van der Waals surface area contributed by atoms with Gasteiger partial charge in [-0.2, -0.15) is 67.3 Å². The van der Waals surface area contributed by atoms with Crippen LogP contribution in [-0.2, 0) is 79.2 Å². The molecule has 0 aliphatic carbocycles. The molecule has 0 unspecified atom stereocenters. The molecule has 0 spiro atoms. The largest absolute Gasteiger partial charge is 0.505 e. The van der Waals surface area contributed by atoms with Gasteiger partial charge in [0.1, 0.15) is 37.4 Å². The van der Waals surface area contributed by atoms with Crippen molar-refractivity contribution >= 4 is 151 Å². The molecule has 5 aromatic carbocycles. The fourth-order valence-corrected chi connectivity index (χ4v) is 11.3. The lowest BCUT2D eigenvalue weighted by atomic mass is 10.1. The van der Waals surface area contributed by atoms with E-state index in [1.54, 1.807) is 0 Å². The standard InChI is InChI=1S/C35H31ClN12O22S7/c36-33-40-34(38)42-35(41-33)39-22-15-24(25(73(54,55)56)16-23(22)45-43-18-1-5-20(6-2-18)71(50,51)11-9-69-76(63,64)65)46-48-31-27(75(60,61)62)14-17-13-26(74(57,58)59)30(29(37)28(17)32(31)49)47-44-19-3-7-21(8-4-19)72(52,53)12-10-70-77(66,67)68/h1-8,13-16,49H,9-12,37H2,(H,54,55,56)(H,57,58,59)(H,60,61,62)(H,63,64,65)(H,66,67,68)(H3,38,39,40,41,42)/b45-43+,47-44+,48-46+. The minimum atomic E-state index is -5.57. The minimum absolute atomic E-state index is 0.126. The van der Waals surface area contributed by atoms with Gasteiger partial charge in [0, 0.05) is 0 Å². The molecule has 42 heteroatoms. The van der Waals surface area contributed by atoms with E-state index in [4.69, 9.17) is 32.2 Å². The van der Waals surface area contributed by atoms with Crippen molar-refractivity contribution in [1.29, 1.82) is 0 Å². The number of rotatable bonds is 21. The van der Waals surface area contributed by atoms with Crippen LogP contribution in [0.5, 0.6) is 5.75 Å². The van der Waals surface area contributed by atoms with Gasteiger partial charge in [0.2, 0.25) is 17.2 Å². The zero-order valence-corrected chi connectivity index (χ0v) is 43.9. The number of nitrogens with one attached hydrogen (secondary N) is 1. The molecule has 11 N–H and O–H groups in total. The number of anilines is 4. The molecule has 0 radical (unpaired) electrons. The lowest BCUT2D eigenvalue weighted by Gasteiger charge is -2.14. The number of benzene rings is 5. The van der Waals surface area contributed by atoms with Gasteiger partial charge in [-0.1, -0.05) is 0 Å². The number of nitrogens with zero attached hydrogens (tertiary/aromatic N) is 9. The number of halogens is 1. The fourth-order valence-electron chi connectivity index (χ4n) is 6.17. The molecule has 0 aliphatic rings. The molecule has 0 fully saturated rings. The summed E-state index contributed by atoms with van der Waals surface area (Å²) in [5.41, 5.74) is 6.59. The Balaban J connectivity index is 1.47. The third-order valence-electron chi connectivity index (χ3n) is 9.45. The Labute approximate surface area is 438 Å². The van der Waals surface area contributed by atoms with Crippen molar-refractivity contribution in [2.45, 2.75) is 24.5 Å². The van der Waals surface area contributed by atoms with Crippen molar-refractivity contribution in [3.05, 3.63) is 78.1 Å². The number of nitrogens with two attached hydrogens (primary N) is 2. The van der Waals surface area contributed by atoms with Crippen molar-refractivity contribution in [3.63, 3.8) is 0 Å². The number of phenols is 1. The quantitative estimate of drug-likeness (QED) is 0.0273. The van der Waals surface area contributed by atoms with Crippen LogP contribution in [0.1, 0.15) is 0 Å². The first kappa shape index (κ1) is 59.3. The number of sulfone groups is 2. The van der Waals surface area contributed by atoms with E-state index in [1.165, 1.54) is 0 Å². The molecule has 6 aromatic rings. The average Bonchev–Trinajstić information content (AvgIpc) is 3.28. The predicted octanol–water partition coefficient (Wildman–Crippen LogP) is 4.46. The van der Waals surface area contributed by atoms with Gasteiger partial charge >= 0.3 is 20.8 Å². The molecule has 6 rings (SSSR count). The van der Waals surface area contributed by atoms with Crippen molar-refractivity contribution in [2.24, 2.45) is 30.7 Å². The van der Waals surface area contributed by atoms with Gasteiger partial charge in [0.05, 0.1) is 62.6 Å². The number of aromatic nitrogens is 3. The second-order valence-electron chi connectivity index (χ2n) is 14.7. The number of aromatic hydroxyl groups is 1. The Bertz CT molecular complexity index is 4270. The molecule has 0 amide bonds. The molecule has 412 valence electrons. The number of phenolic OH excluding ortho intramolecular Hbond substituents is 1. The van der Waals surface area contributed by atoms with E-state index in [0.717, 1.165) is 54.6 Å². The molecule has 1 heterocycles. The van der Waals surface area contributed by atoms with Gasteiger partial charge in [-0.3, -0.25) is 22.8 Å². The molecule has 0 atom stereocenters. The van der Waals surface area contributed by atoms with Crippen LogP contribution in [-0.4, -0.2) is 126 Å². The summed E-state index contributed by atoms with van der Waals surface area (Å²) in [7, 11) is -34.8. The highest BCUT2D eigenvalue weighted by molar-refractivity contribution is 7.92. The minimum Gasteiger partial charge on any atom is -0.505 e. The Kier molecular flexibility index (Phi) is 17.1. The van der Waals surface area contributed by atoms with Crippen molar-refractivity contribution < 1.29 is 95.2 Å². The molecule has 34 nitrogen and oxygen atoms in total. The molecule has 0 saturated heterocycles. The van der Waals surface area contributed by atoms with E-state index in [2.05, 4.69) is 59.3 Å². The second-order valence-corrected chi connectivity index (χ2v) is 25.6. The lowest BCUT2D eigenvalue weighted by molar-refractivity contribution is 0.282. The maximum Gasteiger partial charge on any atom is 0.397 e. The van der Waals surface area contributed by atoms with Crippen LogP contribution < -0.4 is 16.8 Å². The van der Waals surface area contributed by atoms with E-state index in [0.29, 0.717) is 18.2 Å². The van der Waals surface area contributed by atoms with Crippen LogP contribution in [0.4, 0.5) is 57.4 Å². The highest BCUT2D eigenvalue weighted by Crippen LogP contribution is 2.49. The van der Waals surface area contributed by atoms with Crippen LogP contribution in [0.2, 0.25) is 5.28 Å². The molecule has 0 bridgehead atoms. The van der Waals surface area contributed by atoms with Crippen molar-refractivity contribution in [3.8, 4) is 5.75 Å². The monoisotopic (exact) mass is 1230 g/mol. The lowest BCUT2D eigenvalue weighted by Crippen LogP contribution is -2.15. The van der Waals surface area contributed by atoms with Gasteiger partial charge in [-0.15, -0.1) is 20.5 Å². The summed E-state index contributed by atoms with van der Waals surface area (Å²) < 4.78 is 227. The molecule has 77 heavy (non-hydrogen) atoms. The van der Waals surface area contributed by atoms with E-state index < -0.39 is 183 Å². The van der Waals surface area contributed by atoms with Crippen LogP contribution in [0, 0.1) is 0 Å². The second kappa shape index (κ2) is 22.2. The summed E-state index contributed by atoms with van der Waals surface area (Å²) in [6, 6.07) is 10.5. The Morgan fingerprint density at radius 3 is 1.43 bits per heavy atom.